The first-order chi connectivity index (χ1) is 9.47. The second-order valence-corrected chi connectivity index (χ2v) is 4.31. The van der Waals surface area contributed by atoms with Crippen molar-refractivity contribution < 1.29 is 27.4 Å². The van der Waals surface area contributed by atoms with E-state index in [2.05, 4.69) is 0 Å². The summed E-state index contributed by atoms with van der Waals surface area (Å²) in [5.74, 6) is -0.229. The Balaban J connectivity index is 1.92. The third-order valence-electron chi connectivity index (χ3n) is 2.89. The standard InChI is InChI=1S/C13H14F3NO3/c14-13(15,16)10-2-1-3-11(8-10)20-9-12(18)17-4-6-19-7-5-17/h1-3,8H,4-7,9H2. The van der Waals surface area contributed by atoms with Crippen molar-refractivity contribution in [3.63, 3.8) is 0 Å². The molecule has 1 saturated heterocycles. The molecule has 0 atom stereocenters. The fourth-order valence-electron chi connectivity index (χ4n) is 1.81. The van der Waals surface area contributed by atoms with E-state index in [1.165, 1.54) is 12.1 Å². The zero-order valence-corrected chi connectivity index (χ0v) is 10.7. The van der Waals surface area contributed by atoms with Gasteiger partial charge in [0, 0.05) is 13.1 Å². The first-order valence-electron chi connectivity index (χ1n) is 6.12. The lowest BCUT2D eigenvalue weighted by Gasteiger charge is -2.26. The first kappa shape index (κ1) is 14.6. The number of rotatable bonds is 3. The number of nitrogens with zero attached hydrogens (tertiary/aromatic N) is 1. The molecule has 1 aromatic carbocycles. The van der Waals surface area contributed by atoms with Crippen LogP contribution < -0.4 is 4.74 Å². The number of ether oxygens (including phenoxy) is 2. The van der Waals surface area contributed by atoms with Crippen LogP contribution >= 0.6 is 0 Å². The number of halogens is 3. The summed E-state index contributed by atoms with van der Waals surface area (Å²) in [6.45, 7) is 1.61. The predicted molar refractivity (Wildman–Crippen MR) is 64.3 cm³/mol. The Kier molecular flexibility index (Phi) is 4.49. The van der Waals surface area contributed by atoms with E-state index in [0.29, 0.717) is 26.3 Å². The molecule has 1 heterocycles. The average Bonchev–Trinajstić information content (AvgIpc) is 2.45. The predicted octanol–water partition coefficient (Wildman–Crippen LogP) is 1.94. The normalized spacial score (nSPS) is 16.1. The van der Waals surface area contributed by atoms with Crippen LogP contribution in [-0.4, -0.2) is 43.7 Å². The summed E-state index contributed by atoms with van der Waals surface area (Å²) in [6.07, 6.45) is -4.42. The topological polar surface area (TPSA) is 38.8 Å². The molecular formula is C13H14F3NO3. The minimum atomic E-state index is -4.42. The number of hydrogen-bond acceptors (Lipinski definition) is 3. The maximum Gasteiger partial charge on any atom is 0.416 e. The van der Waals surface area contributed by atoms with Gasteiger partial charge in [0.15, 0.2) is 6.61 Å². The molecule has 1 amide bonds. The van der Waals surface area contributed by atoms with Crippen molar-refractivity contribution in [2.24, 2.45) is 0 Å². The van der Waals surface area contributed by atoms with Crippen molar-refractivity contribution in [1.82, 2.24) is 4.90 Å². The number of morpholine rings is 1. The molecule has 0 spiro atoms. The van der Waals surface area contributed by atoms with Gasteiger partial charge < -0.3 is 14.4 Å². The maximum atomic E-state index is 12.5. The molecule has 1 aliphatic rings. The molecular weight excluding hydrogens is 275 g/mol. The zero-order valence-electron chi connectivity index (χ0n) is 10.7. The van der Waals surface area contributed by atoms with Crippen LogP contribution in [-0.2, 0) is 15.7 Å². The van der Waals surface area contributed by atoms with Gasteiger partial charge in [-0.3, -0.25) is 4.79 Å². The Morgan fingerprint density at radius 2 is 2.00 bits per heavy atom. The molecule has 0 saturated carbocycles. The molecule has 0 unspecified atom stereocenters. The lowest BCUT2D eigenvalue weighted by molar-refractivity contribution is -0.137. The molecule has 1 aromatic rings. The largest absolute Gasteiger partial charge is 0.484 e. The average molecular weight is 289 g/mol. The summed E-state index contributed by atoms with van der Waals surface area (Å²) in [7, 11) is 0. The van der Waals surface area contributed by atoms with E-state index in [9.17, 15) is 18.0 Å². The quantitative estimate of drug-likeness (QED) is 0.853. The SMILES string of the molecule is O=C(COc1cccc(C(F)(F)F)c1)N1CCOCC1. The summed E-state index contributed by atoms with van der Waals surface area (Å²) in [5.41, 5.74) is -0.797. The molecule has 1 aliphatic heterocycles. The smallest absolute Gasteiger partial charge is 0.416 e. The molecule has 2 rings (SSSR count). The minimum Gasteiger partial charge on any atom is -0.484 e. The van der Waals surface area contributed by atoms with Crippen molar-refractivity contribution in [3.8, 4) is 5.75 Å². The van der Waals surface area contributed by atoms with Crippen LogP contribution in [0.5, 0.6) is 5.75 Å². The van der Waals surface area contributed by atoms with Crippen LogP contribution in [0.25, 0.3) is 0 Å². The number of carbonyl (C=O) groups is 1. The van der Waals surface area contributed by atoms with E-state index in [4.69, 9.17) is 9.47 Å². The van der Waals surface area contributed by atoms with Gasteiger partial charge in [0.25, 0.3) is 5.91 Å². The second-order valence-electron chi connectivity index (χ2n) is 4.31. The number of alkyl halides is 3. The Morgan fingerprint density at radius 3 is 2.65 bits per heavy atom. The lowest BCUT2D eigenvalue weighted by atomic mass is 10.2. The van der Waals surface area contributed by atoms with Crippen LogP contribution in [0.2, 0.25) is 0 Å². The second kappa shape index (κ2) is 6.13. The number of benzene rings is 1. The van der Waals surface area contributed by atoms with Gasteiger partial charge in [-0.25, -0.2) is 0 Å². The van der Waals surface area contributed by atoms with Crippen LogP contribution in [0.15, 0.2) is 24.3 Å². The van der Waals surface area contributed by atoms with Gasteiger partial charge >= 0.3 is 6.18 Å². The van der Waals surface area contributed by atoms with E-state index in [1.54, 1.807) is 4.90 Å². The molecule has 20 heavy (non-hydrogen) atoms. The maximum absolute atomic E-state index is 12.5. The van der Waals surface area contributed by atoms with Gasteiger partial charge in [0.1, 0.15) is 5.75 Å². The van der Waals surface area contributed by atoms with Gasteiger partial charge in [-0.05, 0) is 18.2 Å². The molecule has 1 fully saturated rings. The molecule has 110 valence electrons. The highest BCUT2D eigenvalue weighted by Crippen LogP contribution is 2.31. The molecule has 0 aliphatic carbocycles. The first-order valence-corrected chi connectivity index (χ1v) is 6.12. The van der Waals surface area contributed by atoms with E-state index in [0.717, 1.165) is 12.1 Å². The number of carbonyl (C=O) groups excluding carboxylic acids is 1. The van der Waals surface area contributed by atoms with E-state index in [-0.39, 0.29) is 18.3 Å². The summed E-state index contributed by atoms with van der Waals surface area (Å²) >= 11 is 0. The number of hydrogen-bond donors (Lipinski definition) is 0. The van der Waals surface area contributed by atoms with Gasteiger partial charge in [-0.15, -0.1) is 0 Å². The third kappa shape index (κ3) is 3.86. The van der Waals surface area contributed by atoms with Crippen molar-refractivity contribution in [3.05, 3.63) is 29.8 Å². The van der Waals surface area contributed by atoms with Gasteiger partial charge in [0.2, 0.25) is 0 Å². The van der Waals surface area contributed by atoms with E-state index in [1.807, 2.05) is 0 Å². The summed E-state index contributed by atoms with van der Waals surface area (Å²) < 4.78 is 47.8. The Bertz CT molecular complexity index is 470. The fraction of sp³-hybridized carbons (Fsp3) is 0.462. The van der Waals surface area contributed by atoms with E-state index < -0.39 is 11.7 Å². The summed E-state index contributed by atoms with van der Waals surface area (Å²) in [6, 6.07) is 4.47. The molecule has 0 aromatic heterocycles. The van der Waals surface area contributed by atoms with Crippen LogP contribution in [0.4, 0.5) is 13.2 Å². The van der Waals surface area contributed by atoms with Crippen LogP contribution in [0, 0.1) is 0 Å². The summed E-state index contributed by atoms with van der Waals surface area (Å²) in [4.78, 5) is 13.3. The van der Waals surface area contributed by atoms with E-state index >= 15 is 0 Å². The minimum absolute atomic E-state index is 0.0291. The van der Waals surface area contributed by atoms with Crippen molar-refractivity contribution in [1.29, 1.82) is 0 Å². The Labute approximate surface area is 114 Å². The monoisotopic (exact) mass is 289 g/mol. The van der Waals surface area contributed by atoms with Crippen molar-refractivity contribution >= 4 is 5.91 Å². The molecule has 7 heteroatoms. The lowest BCUT2D eigenvalue weighted by Crippen LogP contribution is -2.42. The number of amides is 1. The molecule has 4 nitrogen and oxygen atoms in total. The summed E-state index contributed by atoms with van der Waals surface area (Å²) in [5, 5.41) is 0. The highest BCUT2D eigenvalue weighted by Gasteiger charge is 2.30. The Morgan fingerprint density at radius 1 is 1.30 bits per heavy atom. The Hall–Kier alpha value is -1.76. The van der Waals surface area contributed by atoms with Gasteiger partial charge in [-0.2, -0.15) is 13.2 Å². The fourth-order valence-corrected chi connectivity index (χ4v) is 1.81. The molecule has 0 bridgehead atoms. The van der Waals surface area contributed by atoms with Crippen molar-refractivity contribution in [2.45, 2.75) is 6.18 Å². The third-order valence-corrected chi connectivity index (χ3v) is 2.89. The van der Waals surface area contributed by atoms with Crippen LogP contribution in [0.3, 0.4) is 0 Å². The van der Waals surface area contributed by atoms with Gasteiger partial charge in [0.05, 0.1) is 18.8 Å². The molecule has 0 radical (unpaired) electrons. The highest BCUT2D eigenvalue weighted by molar-refractivity contribution is 5.77. The van der Waals surface area contributed by atoms with Gasteiger partial charge in [-0.1, -0.05) is 6.07 Å². The highest BCUT2D eigenvalue weighted by atomic mass is 19.4. The van der Waals surface area contributed by atoms with Crippen molar-refractivity contribution in [2.75, 3.05) is 32.9 Å². The molecule has 0 N–H and O–H groups in total. The zero-order chi connectivity index (χ0) is 14.6. The van der Waals surface area contributed by atoms with Crippen LogP contribution in [0.1, 0.15) is 5.56 Å².